The van der Waals surface area contributed by atoms with Gasteiger partial charge in [0, 0.05) is 29.3 Å². The highest BCUT2D eigenvalue weighted by Gasteiger charge is 2.21. The van der Waals surface area contributed by atoms with Gasteiger partial charge in [0.15, 0.2) is 0 Å². The van der Waals surface area contributed by atoms with E-state index in [0.717, 1.165) is 5.56 Å². The highest BCUT2D eigenvalue weighted by molar-refractivity contribution is 7.92. The van der Waals surface area contributed by atoms with Crippen LogP contribution in [-0.4, -0.2) is 19.3 Å². The van der Waals surface area contributed by atoms with Gasteiger partial charge in [-0.3, -0.25) is 14.5 Å². The van der Waals surface area contributed by atoms with Gasteiger partial charge >= 0.3 is 0 Å². The lowest BCUT2D eigenvalue weighted by Gasteiger charge is -2.21. The Balaban J connectivity index is 1.79. The number of amides is 1. The molecular weight excluding hydrogens is 398 g/mol. The van der Waals surface area contributed by atoms with Crippen molar-refractivity contribution in [3.63, 3.8) is 0 Å². The van der Waals surface area contributed by atoms with Crippen LogP contribution >= 0.6 is 0 Å². The van der Waals surface area contributed by atoms with Crippen molar-refractivity contribution in [3.8, 4) is 0 Å². The maximum absolute atomic E-state index is 13.0. The molecule has 7 heteroatoms. The maximum Gasteiger partial charge on any atom is 0.262 e. The fraction of sp³-hybridized carbons (Fsp3) is 0.217. The van der Waals surface area contributed by atoms with E-state index >= 15 is 0 Å². The molecule has 0 fully saturated rings. The molecule has 156 valence electrons. The summed E-state index contributed by atoms with van der Waals surface area (Å²) in [5.74, 6) is -0.288. The van der Waals surface area contributed by atoms with Gasteiger partial charge in [0.25, 0.3) is 15.9 Å². The van der Waals surface area contributed by atoms with Crippen molar-refractivity contribution in [2.45, 2.75) is 38.0 Å². The molecule has 3 rings (SSSR count). The van der Waals surface area contributed by atoms with E-state index < -0.39 is 10.0 Å². The Labute approximate surface area is 177 Å². The maximum atomic E-state index is 13.0. The Hall–Kier alpha value is -3.19. The topological polar surface area (TPSA) is 88.2 Å². The summed E-state index contributed by atoms with van der Waals surface area (Å²) in [6.07, 6.45) is 3.17. The number of carbonyl (C=O) groups excluding carboxylic acids is 1. The number of hydrogen-bond acceptors (Lipinski definition) is 4. The molecule has 0 radical (unpaired) electrons. The van der Waals surface area contributed by atoms with Crippen molar-refractivity contribution in [2.24, 2.45) is 0 Å². The van der Waals surface area contributed by atoms with E-state index in [2.05, 4.69) is 15.0 Å². The quantitative estimate of drug-likeness (QED) is 0.620. The number of nitrogens with one attached hydrogen (secondary N) is 2. The summed E-state index contributed by atoms with van der Waals surface area (Å²) >= 11 is 0. The largest absolute Gasteiger partial charge is 0.322 e. The number of pyridine rings is 1. The number of anilines is 2. The number of sulfonamides is 1. The van der Waals surface area contributed by atoms with Gasteiger partial charge < -0.3 is 5.32 Å². The summed E-state index contributed by atoms with van der Waals surface area (Å²) in [5, 5.41) is 2.76. The first kappa shape index (κ1) is 21.5. The van der Waals surface area contributed by atoms with Crippen LogP contribution in [0.15, 0.2) is 71.9 Å². The molecule has 0 aliphatic carbocycles. The second kappa shape index (κ2) is 8.28. The lowest BCUT2D eigenvalue weighted by molar-refractivity contribution is 0.102. The zero-order valence-electron chi connectivity index (χ0n) is 17.4. The summed E-state index contributed by atoms with van der Waals surface area (Å²) in [6, 6.07) is 15.2. The minimum atomic E-state index is -3.77. The third-order valence-electron chi connectivity index (χ3n) is 4.68. The predicted molar refractivity (Wildman–Crippen MR) is 119 cm³/mol. The molecule has 1 amide bonds. The summed E-state index contributed by atoms with van der Waals surface area (Å²) in [5.41, 5.74) is 2.88. The van der Waals surface area contributed by atoms with Crippen LogP contribution in [0.4, 0.5) is 11.4 Å². The van der Waals surface area contributed by atoms with Gasteiger partial charge in [-0.1, -0.05) is 32.9 Å². The van der Waals surface area contributed by atoms with Gasteiger partial charge in [0.2, 0.25) is 0 Å². The van der Waals surface area contributed by atoms with Crippen LogP contribution in [0.1, 0.15) is 42.3 Å². The molecule has 1 aromatic heterocycles. The lowest BCUT2D eigenvalue weighted by atomic mass is 9.87. The van der Waals surface area contributed by atoms with Crippen LogP contribution < -0.4 is 10.0 Å². The first-order valence-corrected chi connectivity index (χ1v) is 11.0. The van der Waals surface area contributed by atoms with Crippen molar-refractivity contribution in [2.75, 3.05) is 10.0 Å². The van der Waals surface area contributed by atoms with Gasteiger partial charge in [-0.2, -0.15) is 0 Å². The van der Waals surface area contributed by atoms with Crippen molar-refractivity contribution in [1.82, 2.24) is 4.98 Å². The number of rotatable bonds is 5. The number of aryl methyl sites for hydroxylation is 1. The fourth-order valence-corrected chi connectivity index (χ4v) is 4.22. The van der Waals surface area contributed by atoms with Crippen LogP contribution in [0.25, 0.3) is 0 Å². The van der Waals surface area contributed by atoms with Crippen molar-refractivity contribution in [1.29, 1.82) is 0 Å². The summed E-state index contributed by atoms with van der Waals surface area (Å²) < 4.78 is 28.5. The molecule has 0 aliphatic heterocycles. The summed E-state index contributed by atoms with van der Waals surface area (Å²) in [4.78, 5) is 16.5. The fourth-order valence-electron chi connectivity index (χ4n) is 2.89. The number of carbonyl (C=O) groups is 1. The van der Waals surface area contributed by atoms with Crippen LogP contribution in [0.2, 0.25) is 0 Å². The zero-order valence-corrected chi connectivity index (χ0v) is 18.2. The molecule has 2 aromatic carbocycles. The van der Waals surface area contributed by atoms with Gasteiger partial charge in [-0.25, -0.2) is 8.42 Å². The monoisotopic (exact) mass is 423 g/mol. The number of hydrogen-bond donors (Lipinski definition) is 2. The summed E-state index contributed by atoms with van der Waals surface area (Å²) in [6.45, 7) is 7.89. The minimum absolute atomic E-state index is 0.165. The normalized spacial score (nSPS) is 11.7. The Morgan fingerprint density at radius 1 is 0.900 bits per heavy atom. The van der Waals surface area contributed by atoms with Crippen LogP contribution in [0.3, 0.4) is 0 Å². The van der Waals surface area contributed by atoms with E-state index in [4.69, 9.17) is 0 Å². The molecule has 0 bridgehead atoms. The molecule has 6 nitrogen and oxygen atoms in total. The van der Waals surface area contributed by atoms with Crippen LogP contribution in [0.5, 0.6) is 0 Å². The molecule has 3 aromatic rings. The molecule has 0 spiro atoms. The number of aromatic nitrogens is 1. The van der Waals surface area contributed by atoms with Crippen molar-refractivity contribution >= 4 is 27.3 Å². The molecule has 0 aliphatic rings. The van der Waals surface area contributed by atoms with Crippen molar-refractivity contribution in [3.05, 3.63) is 83.7 Å². The molecule has 0 saturated carbocycles. The number of benzene rings is 2. The molecule has 1 heterocycles. The lowest BCUT2D eigenvalue weighted by Crippen LogP contribution is -2.17. The SMILES string of the molecule is Cc1ccc(C(C)(C)C)cc1S(=O)(=O)Nc1ccc(C(=O)Nc2ccncc2)cc1. The smallest absolute Gasteiger partial charge is 0.262 e. The molecule has 0 atom stereocenters. The van der Waals surface area contributed by atoms with Crippen molar-refractivity contribution < 1.29 is 13.2 Å². The van der Waals surface area contributed by atoms with Crippen LogP contribution in [0, 0.1) is 6.92 Å². The van der Waals surface area contributed by atoms with Gasteiger partial charge in [-0.15, -0.1) is 0 Å². The average Bonchev–Trinajstić information content (AvgIpc) is 2.68. The van der Waals surface area contributed by atoms with Gasteiger partial charge in [-0.05, 0) is 65.9 Å². The zero-order chi connectivity index (χ0) is 21.9. The molecular formula is C23H25N3O3S. The van der Waals surface area contributed by atoms with E-state index in [-0.39, 0.29) is 16.2 Å². The van der Waals surface area contributed by atoms with E-state index in [1.165, 1.54) is 0 Å². The minimum Gasteiger partial charge on any atom is -0.322 e. The first-order chi connectivity index (χ1) is 14.1. The Kier molecular flexibility index (Phi) is 5.94. The standard InChI is InChI=1S/C23H25N3O3S/c1-16-5-8-18(23(2,3)4)15-21(16)30(28,29)26-20-9-6-17(7-10-20)22(27)25-19-11-13-24-14-12-19/h5-15,26H,1-4H3,(H,24,25,27). The first-order valence-electron chi connectivity index (χ1n) is 9.52. The third kappa shape index (κ3) is 5.04. The molecule has 0 saturated heterocycles. The third-order valence-corrected chi connectivity index (χ3v) is 6.20. The van der Waals surface area contributed by atoms with E-state index in [1.54, 1.807) is 61.8 Å². The average molecular weight is 424 g/mol. The second-order valence-electron chi connectivity index (χ2n) is 8.10. The molecule has 0 unspecified atom stereocenters. The summed E-state index contributed by atoms with van der Waals surface area (Å²) in [7, 11) is -3.77. The number of nitrogens with zero attached hydrogens (tertiary/aromatic N) is 1. The second-order valence-corrected chi connectivity index (χ2v) is 9.75. The Bertz CT molecular complexity index is 1150. The molecule has 2 N–H and O–H groups in total. The van der Waals surface area contributed by atoms with E-state index in [1.807, 2.05) is 32.9 Å². The highest BCUT2D eigenvalue weighted by atomic mass is 32.2. The van der Waals surface area contributed by atoms with Gasteiger partial charge in [0.05, 0.1) is 4.90 Å². The highest BCUT2D eigenvalue weighted by Crippen LogP contribution is 2.28. The predicted octanol–water partition coefficient (Wildman–Crippen LogP) is 4.74. The van der Waals surface area contributed by atoms with E-state index in [9.17, 15) is 13.2 Å². The Morgan fingerprint density at radius 2 is 1.53 bits per heavy atom. The van der Waals surface area contributed by atoms with Crippen LogP contribution in [-0.2, 0) is 15.4 Å². The van der Waals surface area contributed by atoms with Gasteiger partial charge in [0.1, 0.15) is 0 Å². The van der Waals surface area contributed by atoms with E-state index in [0.29, 0.717) is 22.5 Å². The molecule has 30 heavy (non-hydrogen) atoms. The Morgan fingerprint density at radius 3 is 2.13 bits per heavy atom.